The fourth-order valence-electron chi connectivity index (χ4n) is 7.56. The minimum absolute atomic E-state index is 0.0751. The van der Waals surface area contributed by atoms with Gasteiger partial charge in [0.2, 0.25) is 5.91 Å². The van der Waals surface area contributed by atoms with E-state index in [2.05, 4.69) is 5.32 Å². The largest absolute Gasteiger partial charge is 0.543 e. The predicted molar refractivity (Wildman–Crippen MR) is 165 cm³/mol. The molecule has 2 saturated carbocycles. The van der Waals surface area contributed by atoms with Crippen molar-refractivity contribution in [3.8, 4) is 0 Å². The van der Waals surface area contributed by atoms with E-state index >= 15 is 0 Å². The average Bonchev–Trinajstić information content (AvgIpc) is 3.94. The lowest BCUT2D eigenvalue weighted by Gasteiger charge is -2.50. The van der Waals surface area contributed by atoms with Crippen molar-refractivity contribution in [3.63, 3.8) is 0 Å². The van der Waals surface area contributed by atoms with E-state index in [1.54, 1.807) is 0 Å². The lowest BCUT2D eigenvalue weighted by Crippen LogP contribution is -2.71. The van der Waals surface area contributed by atoms with Gasteiger partial charge in [-0.15, -0.1) is 23.1 Å². The Kier molecular flexibility index (Phi) is 8.68. The van der Waals surface area contributed by atoms with Crippen molar-refractivity contribution in [3.05, 3.63) is 64.3 Å². The zero-order valence-corrected chi connectivity index (χ0v) is 26.9. The van der Waals surface area contributed by atoms with E-state index in [-0.39, 0.29) is 24.1 Å². The van der Waals surface area contributed by atoms with Crippen molar-refractivity contribution in [1.82, 2.24) is 10.2 Å². The van der Waals surface area contributed by atoms with Gasteiger partial charge in [-0.05, 0) is 62.3 Å². The molecule has 4 aliphatic heterocycles. The first-order chi connectivity index (χ1) is 22.2. The van der Waals surface area contributed by atoms with E-state index < -0.39 is 34.7 Å². The maximum atomic E-state index is 12.6. The second kappa shape index (κ2) is 12.7. The van der Waals surface area contributed by atoms with E-state index in [1.807, 2.05) is 52.7 Å². The number of ether oxygens (including phenoxy) is 2. The van der Waals surface area contributed by atoms with Gasteiger partial charge < -0.3 is 29.8 Å². The quantitative estimate of drug-likeness (QED) is 0.231. The Morgan fingerprint density at radius 1 is 1.07 bits per heavy atom. The first-order valence-electron chi connectivity index (χ1n) is 15.9. The van der Waals surface area contributed by atoms with E-state index in [0.717, 1.165) is 49.8 Å². The van der Waals surface area contributed by atoms with E-state index in [9.17, 15) is 29.4 Å². The second-order valence-electron chi connectivity index (χ2n) is 13.1. The number of aromatic nitrogens is 1. The first kappa shape index (κ1) is 31.3. The lowest BCUT2D eigenvalue weighted by molar-refractivity contribution is -0.689. The zero-order valence-electron chi connectivity index (χ0n) is 25.2. The number of amides is 2. The number of carboxylic acid groups (broad SMARTS) is 2. The number of rotatable bonds is 9. The van der Waals surface area contributed by atoms with Crippen molar-refractivity contribution >= 4 is 46.9 Å². The maximum Gasteiger partial charge on any atom is 0.309 e. The number of hydrogen-bond acceptors (Lipinski definition) is 9. The monoisotopic (exact) mass is 667 g/mol. The standard InChI is InChI=1S/C19H17N3O4S2.C14H20O4/c23-14(9-13-5-4-8-27-13)20-15-17(24)22-16(19(25)26)12(11-28-18(15)22)10-21-6-2-1-3-7-21;15-13(16)14(4-3-10-12(7-14)18-10)6-8-1-2-9-11(5-8)17-9/h1-8,15,18H,9-11H2,(H-,20,23,25,26);8-12H,1-7H2,(H,15,16)/t15-,18-;/m1./s1. The van der Waals surface area contributed by atoms with Crippen LogP contribution >= 0.6 is 23.1 Å². The molecule has 2 amide bonds. The highest BCUT2D eigenvalue weighted by Gasteiger charge is 2.56. The molecule has 0 radical (unpaired) electrons. The molecule has 5 fully saturated rings. The van der Waals surface area contributed by atoms with Gasteiger partial charge in [-0.25, -0.2) is 4.57 Å². The number of nitrogens with one attached hydrogen (secondary N) is 1. The van der Waals surface area contributed by atoms with Gasteiger partial charge in [0.25, 0.3) is 5.91 Å². The number of epoxide rings is 2. The van der Waals surface area contributed by atoms with Crippen molar-refractivity contribution < 1.29 is 43.4 Å². The fraction of sp³-hybridized carbons (Fsp3) is 0.545. The van der Waals surface area contributed by atoms with Crippen LogP contribution in [0.25, 0.3) is 0 Å². The van der Waals surface area contributed by atoms with Crippen molar-refractivity contribution in [2.24, 2.45) is 11.3 Å². The number of hydrogen-bond donors (Lipinski definition) is 2. The highest BCUT2D eigenvalue weighted by Crippen LogP contribution is 2.52. The molecule has 2 N–H and O–H groups in total. The molecule has 46 heavy (non-hydrogen) atoms. The van der Waals surface area contributed by atoms with E-state index in [0.29, 0.717) is 42.1 Å². The topological polar surface area (TPSA) is 156 Å². The number of aliphatic carboxylic acids is 2. The third kappa shape index (κ3) is 6.47. The number of carbonyl (C=O) groups excluding carboxylic acids is 3. The fourth-order valence-corrected chi connectivity index (χ4v) is 9.60. The molecule has 3 saturated heterocycles. The highest BCUT2D eigenvalue weighted by atomic mass is 32.2. The molecular formula is C33H37N3O8S2. The molecule has 11 nitrogen and oxygen atoms in total. The number of β-lactam (4-membered cyclic amide) rings is 1. The number of fused-ring (bicyclic) bond motifs is 3. The normalized spacial score (nSPS) is 33.7. The molecule has 8 rings (SSSR count). The van der Waals surface area contributed by atoms with Gasteiger partial charge >= 0.3 is 5.97 Å². The summed E-state index contributed by atoms with van der Waals surface area (Å²) in [6, 6.07) is 8.59. The van der Waals surface area contributed by atoms with Crippen LogP contribution in [-0.4, -0.2) is 75.3 Å². The molecule has 13 heteroatoms. The van der Waals surface area contributed by atoms with Gasteiger partial charge in [-0.1, -0.05) is 12.1 Å². The highest BCUT2D eigenvalue weighted by molar-refractivity contribution is 8.00. The molecule has 6 heterocycles. The zero-order chi connectivity index (χ0) is 32.0. The van der Waals surface area contributed by atoms with Crippen LogP contribution in [0.2, 0.25) is 0 Å². The molecule has 6 unspecified atom stereocenters. The van der Waals surface area contributed by atoms with Crippen LogP contribution in [0.3, 0.4) is 0 Å². The number of pyridine rings is 1. The molecule has 6 aliphatic rings. The van der Waals surface area contributed by atoms with Gasteiger partial charge in [0, 0.05) is 28.3 Å². The summed E-state index contributed by atoms with van der Waals surface area (Å²) < 4.78 is 12.9. The maximum absolute atomic E-state index is 12.6. The van der Waals surface area contributed by atoms with Crippen LogP contribution in [0.1, 0.15) is 49.8 Å². The Bertz CT molecular complexity index is 1530. The van der Waals surface area contributed by atoms with Crippen molar-refractivity contribution in [2.75, 3.05) is 5.75 Å². The molecule has 0 spiro atoms. The van der Waals surface area contributed by atoms with Crippen LogP contribution in [-0.2, 0) is 41.6 Å². The third-order valence-corrected chi connectivity index (χ3v) is 12.3. The summed E-state index contributed by atoms with van der Waals surface area (Å²) in [5, 5.41) is 25.6. The molecule has 244 valence electrons. The number of nitrogens with zero attached hydrogens (tertiary/aromatic N) is 2. The summed E-state index contributed by atoms with van der Waals surface area (Å²) >= 11 is 2.93. The third-order valence-electron chi connectivity index (χ3n) is 10.1. The number of thiophene rings is 1. The number of carbonyl (C=O) groups is 4. The van der Waals surface area contributed by atoms with Gasteiger partial charge in [-0.3, -0.25) is 19.3 Å². The van der Waals surface area contributed by atoms with Crippen LogP contribution < -0.4 is 15.0 Å². The smallest absolute Gasteiger partial charge is 0.309 e. The Labute approximate surface area is 274 Å². The van der Waals surface area contributed by atoms with Gasteiger partial charge in [0.1, 0.15) is 11.4 Å². The van der Waals surface area contributed by atoms with E-state index in [1.165, 1.54) is 28.0 Å². The molecular weight excluding hydrogens is 631 g/mol. The summed E-state index contributed by atoms with van der Waals surface area (Å²) in [6.07, 6.45) is 12.1. The Hall–Kier alpha value is -3.26. The van der Waals surface area contributed by atoms with Crippen LogP contribution in [0.4, 0.5) is 0 Å². The summed E-state index contributed by atoms with van der Waals surface area (Å²) in [6.45, 7) is 0.364. The van der Waals surface area contributed by atoms with Gasteiger partial charge in [0.05, 0.1) is 47.9 Å². The molecule has 2 aromatic heterocycles. The molecule has 2 aromatic rings. The van der Waals surface area contributed by atoms with Gasteiger partial charge in [-0.2, -0.15) is 0 Å². The number of carboxylic acids is 2. The SMILES string of the molecule is O=C(Cc1cccs1)N[C@@H]1C(=O)N2C(C(=O)[O-])=C(C[n+]3ccccc3)CS[C@H]12.O=C(O)C1(CC2CCC3OC3C2)CCC2OC2C1. The summed E-state index contributed by atoms with van der Waals surface area (Å²) in [5.41, 5.74) is 0.0346. The summed E-state index contributed by atoms with van der Waals surface area (Å²) in [4.78, 5) is 50.5. The van der Waals surface area contributed by atoms with Gasteiger partial charge in [0.15, 0.2) is 18.9 Å². The molecule has 2 aliphatic carbocycles. The van der Waals surface area contributed by atoms with Crippen molar-refractivity contribution in [1.29, 1.82) is 0 Å². The summed E-state index contributed by atoms with van der Waals surface area (Å²) in [5.74, 6) is -1.63. The molecule has 0 aromatic carbocycles. The molecule has 8 atom stereocenters. The molecule has 0 bridgehead atoms. The predicted octanol–water partition coefficient (Wildman–Crippen LogP) is 1.65. The minimum Gasteiger partial charge on any atom is -0.543 e. The van der Waals surface area contributed by atoms with Crippen LogP contribution in [0.15, 0.2) is 59.4 Å². The number of thioether (sulfide) groups is 1. The average molecular weight is 668 g/mol. The Balaban J connectivity index is 0.000000161. The second-order valence-corrected chi connectivity index (χ2v) is 15.3. The van der Waals surface area contributed by atoms with Crippen LogP contribution in [0, 0.1) is 11.3 Å². The minimum atomic E-state index is -1.37. The summed E-state index contributed by atoms with van der Waals surface area (Å²) in [7, 11) is 0. The Morgan fingerprint density at radius 2 is 1.85 bits per heavy atom. The van der Waals surface area contributed by atoms with Crippen LogP contribution in [0.5, 0.6) is 0 Å². The van der Waals surface area contributed by atoms with Crippen molar-refractivity contribution in [2.45, 2.75) is 93.7 Å². The Morgan fingerprint density at radius 3 is 2.54 bits per heavy atom. The first-order valence-corrected chi connectivity index (χ1v) is 17.8. The lowest BCUT2D eigenvalue weighted by atomic mass is 9.67. The van der Waals surface area contributed by atoms with E-state index in [4.69, 9.17) is 9.47 Å².